The Kier molecular flexibility index (Phi) is 6.77. The number of carbonyl (C=O) groups is 1. The molecule has 1 aromatic heterocycles. The normalized spacial score (nSPS) is 15.4. The van der Waals surface area contributed by atoms with Gasteiger partial charge in [-0.3, -0.25) is 9.78 Å². The van der Waals surface area contributed by atoms with E-state index in [-0.39, 0.29) is 18.6 Å². The fraction of sp³-hybridized carbons (Fsp3) is 0.240. The summed E-state index contributed by atoms with van der Waals surface area (Å²) in [5, 5.41) is 15.2. The Morgan fingerprint density at radius 3 is 2.59 bits per heavy atom. The maximum atomic E-state index is 13.3. The highest BCUT2D eigenvalue weighted by Crippen LogP contribution is 2.38. The van der Waals surface area contributed by atoms with Gasteiger partial charge in [0.15, 0.2) is 11.5 Å². The molecular weight excluding hydrogens is 406 g/mol. The SMILES string of the molecule is COc1cc(C2CC(c3ccccc3)=NN2C(=O)c2ccncc2)ccc1OCCCO. The molecule has 1 N–H and O–H groups in total. The van der Waals surface area contributed by atoms with Crippen LogP contribution in [0.15, 0.2) is 78.2 Å². The van der Waals surface area contributed by atoms with E-state index in [2.05, 4.69) is 4.98 Å². The molecule has 7 nitrogen and oxygen atoms in total. The first kappa shape index (κ1) is 21.5. The van der Waals surface area contributed by atoms with E-state index < -0.39 is 0 Å². The van der Waals surface area contributed by atoms with Crippen LogP contribution in [-0.2, 0) is 0 Å². The summed E-state index contributed by atoms with van der Waals surface area (Å²) in [4.78, 5) is 17.3. The van der Waals surface area contributed by atoms with Crippen LogP contribution in [0.1, 0.15) is 40.4 Å². The number of hydrazone groups is 1. The number of ether oxygens (including phenoxy) is 2. The average molecular weight is 431 g/mol. The fourth-order valence-electron chi connectivity index (χ4n) is 3.65. The lowest BCUT2D eigenvalue weighted by atomic mass is 9.97. The van der Waals surface area contributed by atoms with Crippen molar-refractivity contribution in [2.24, 2.45) is 5.10 Å². The molecule has 3 aromatic rings. The zero-order valence-corrected chi connectivity index (χ0v) is 17.8. The van der Waals surface area contributed by atoms with Crippen molar-refractivity contribution in [2.45, 2.75) is 18.9 Å². The Bertz CT molecular complexity index is 1090. The first-order chi connectivity index (χ1) is 15.7. The van der Waals surface area contributed by atoms with Gasteiger partial charge in [0.2, 0.25) is 0 Å². The topological polar surface area (TPSA) is 84.2 Å². The molecule has 1 amide bonds. The van der Waals surface area contributed by atoms with Gasteiger partial charge >= 0.3 is 0 Å². The molecule has 0 bridgehead atoms. The summed E-state index contributed by atoms with van der Waals surface area (Å²) in [6, 6.07) is 18.6. The van der Waals surface area contributed by atoms with Crippen LogP contribution in [-0.4, -0.2) is 47.0 Å². The Balaban J connectivity index is 1.67. The standard InChI is InChI=1S/C25H25N3O4/c1-31-24-16-20(8-9-23(24)32-15-5-14-29)22-17-21(18-6-3-2-4-7-18)27-28(22)25(30)19-10-12-26-13-11-19/h2-4,6-13,16,22,29H,5,14-15,17H2,1H3. The number of amides is 1. The highest BCUT2D eigenvalue weighted by molar-refractivity contribution is 6.05. The van der Waals surface area contributed by atoms with Crippen LogP contribution in [0, 0.1) is 0 Å². The minimum atomic E-state index is -0.286. The first-order valence-corrected chi connectivity index (χ1v) is 10.5. The number of carbonyl (C=O) groups excluding carboxylic acids is 1. The number of rotatable bonds is 8. The molecule has 1 atom stereocenters. The van der Waals surface area contributed by atoms with Crippen molar-refractivity contribution in [2.75, 3.05) is 20.3 Å². The Morgan fingerprint density at radius 1 is 1.09 bits per heavy atom. The highest BCUT2D eigenvalue weighted by Gasteiger charge is 2.34. The van der Waals surface area contributed by atoms with Crippen molar-refractivity contribution in [3.05, 3.63) is 89.7 Å². The lowest BCUT2D eigenvalue weighted by molar-refractivity contribution is 0.0711. The van der Waals surface area contributed by atoms with E-state index in [0.717, 1.165) is 16.8 Å². The largest absolute Gasteiger partial charge is 0.493 e. The molecule has 0 aliphatic carbocycles. The van der Waals surface area contributed by atoms with Crippen LogP contribution < -0.4 is 9.47 Å². The number of pyridine rings is 1. The highest BCUT2D eigenvalue weighted by atomic mass is 16.5. The van der Waals surface area contributed by atoms with E-state index in [0.29, 0.717) is 36.5 Å². The van der Waals surface area contributed by atoms with Gasteiger partial charge in [-0.2, -0.15) is 5.10 Å². The number of hydrogen-bond donors (Lipinski definition) is 1. The van der Waals surface area contributed by atoms with Crippen LogP contribution in [0.2, 0.25) is 0 Å². The molecule has 32 heavy (non-hydrogen) atoms. The lowest BCUT2D eigenvalue weighted by Gasteiger charge is -2.23. The number of hydrogen-bond acceptors (Lipinski definition) is 6. The molecule has 0 fully saturated rings. The van der Waals surface area contributed by atoms with Crippen LogP contribution in [0.4, 0.5) is 0 Å². The van der Waals surface area contributed by atoms with E-state index >= 15 is 0 Å². The van der Waals surface area contributed by atoms with Gasteiger partial charge in [-0.25, -0.2) is 5.01 Å². The molecule has 0 saturated heterocycles. The molecule has 2 heterocycles. The Hall–Kier alpha value is -3.71. The zero-order chi connectivity index (χ0) is 22.3. The van der Waals surface area contributed by atoms with E-state index in [4.69, 9.17) is 19.7 Å². The number of aliphatic hydroxyl groups is 1. The number of nitrogens with zero attached hydrogens (tertiary/aromatic N) is 3. The van der Waals surface area contributed by atoms with E-state index in [1.165, 1.54) is 0 Å². The molecule has 0 saturated carbocycles. The van der Waals surface area contributed by atoms with Crippen molar-refractivity contribution in [1.29, 1.82) is 0 Å². The third-order valence-electron chi connectivity index (χ3n) is 5.29. The molecule has 164 valence electrons. The van der Waals surface area contributed by atoms with Crippen LogP contribution in [0.5, 0.6) is 11.5 Å². The maximum Gasteiger partial charge on any atom is 0.274 e. The van der Waals surface area contributed by atoms with Gasteiger partial charge in [-0.05, 0) is 35.4 Å². The zero-order valence-electron chi connectivity index (χ0n) is 17.8. The predicted octanol–water partition coefficient (Wildman–Crippen LogP) is 3.84. The molecule has 1 unspecified atom stereocenters. The molecular formula is C25H25N3O4. The first-order valence-electron chi connectivity index (χ1n) is 10.5. The summed E-state index contributed by atoms with van der Waals surface area (Å²) in [5.74, 6) is 0.981. The molecule has 1 aliphatic rings. The van der Waals surface area contributed by atoms with E-state index in [1.807, 2.05) is 48.5 Å². The summed E-state index contributed by atoms with van der Waals surface area (Å²) in [7, 11) is 1.58. The van der Waals surface area contributed by atoms with Gasteiger partial charge < -0.3 is 14.6 Å². The second kappa shape index (κ2) is 10.1. The maximum absolute atomic E-state index is 13.3. The number of methoxy groups -OCH3 is 1. The van der Waals surface area contributed by atoms with Gasteiger partial charge in [0.25, 0.3) is 5.91 Å². The average Bonchev–Trinajstić information content (AvgIpc) is 3.30. The monoisotopic (exact) mass is 431 g/mol. The molecule has 1 aliphatic heterocycles. The van der Waals surface area contributed by atoms with Crippen molar-refractivity contribution < 1.29 is 19.4 Å². The summed E-state index contributed by atoms with van der Waals surface area (Å²) >= 11 is 0. The van der Waals surface area contributed by atoms with Gasteiger partial charge in [-0.1, -0.05) is 36.4 Å². The fourth-order valence-corrected chi connectivity index (χ4v) is 3.65. The molecule has 0 radical (unpaired) electrons. The van der Waals surface area contributed by atoms with Crippen molar-refractivity contribution in [3.8, 4) is 11.5 Å². The molecule has 7 heteroatoms. The van der Waals surface area contributed by atoms with Gasteiger partial charge in [0.1, 0.15) is 0 Å². The summed E-state index contributed by atoms with van der Waals surface area (Å²) in [6.07, 6.45) is 4.31. The van der Waals surface area contributed by atoms with Crippen LogP contribution in [0.3, 0.4) is 0 Å². The van der Waals surface area contributed by atoms with E-state index in [1.54, 1.807) is 36.6 Å². The second-order valence-electron chi connectivity index (χ2n) is 7.35. The van der Waals surface area contributed by atoms with Gasteiger partial charge in [0, 0.05) is 37.4 Å². The molecule has 2 aromatic carbocycles. The molecule has 0 spiro atoms. The minimum absolute atomic E-state index is 0.0636. The minimum Gasteiger partial charge on any atom is -0.493 e. The number of benzene rings is 2. The van der Waals surface area contributed by atoms with Crippen molar-refractivity contribution >= 4 is 11.6 Å². The quantitative estimate of drug-likeness (QED) is 0.548. The smallest absolute Gasteiger partial charge is 0.274 e. The van der Waals surface area contributed by atoms with Crippen molar-refractivity contribution in [1.82, 2.24) is 9.99 Å². The summed E-state index contributed by atoms with van der Waals surface area (Å²) in [5.41, 5.74) is 3.26. The Morgan fingerprint density at radius 2 is 1.88 bits per heavy atom. The van der Waals surface area contributed by atoms with Crippen LogP contribution >= 0.6 is 0 Å². The van der Waals surface area contributed by atoms with Crippen LogP contribution in [0.25, 0.3) is 0 Å². The molecule has 4 rings (SSSR count). The lowest BCUT2D eigenvalue weighted by Crippen LogP contribution is -2.27. The Labute approximate surface area is 186 Å². The van der Waals surface area contributed by atoms with Gasteiger partial charge in [-0.15, -0.1) is 0 Å². The van der Waals surface area contributed by atoms with Gasteiger partial charge in [0.05, 0.1) is 25.5 Å². The second-order valence-corrected chi connectivity index (χ2v) is 7.35. The van der Waals surface area contributed by atoms with Crippen molar-refractivity contribution in [3.63, 3.8) is 0 Å². The van der Waals surface area contributed by atoms with E-state index in [9.17, 15) is 4.79 Å². The summed E-state index contributed by atoms with van der Waals surface area (Å²) in [6.45, 7) is 0.456. The predicted molar refractivity (Wildman–Crippen MR) is 121 cm³/mol. The summed E-state index contributed by atoms with van der Waals surface area (Å²) < 4.78 is 11.3. The number of aliphatic hydroxyl groups excluding tert-OH is 1. The number of aromatic nitrogens is 1. The third-order valence-corrected chi connectivity index (χ3v) is 5.29. The third kappa shape index (κ3) is 4.63.